The molecule has 8 nitrogen and oxygen atoms in total. The Morgan fingerprint density at radius 2 is 1.74 bits per heavy atom. The number of benzene rings is 3. The molecule has 0 atom stereocenters. The van der Waals surface area contributed by atoms with Crippen molar-refractivity contribution in [1.82, 2.24) is 5.43 Å². The zero-order valence-electron chi connectivity index (χ0n) is 18.2. The van der Waals surface area contributed by atoms with Crippen LogP contribution in [0.15, 0.2) is 76.7 Å². The van der Waals surface area contributed by atoms with E-state index in [4.69, 9.17) is 32.7 Å². The Balaban J connectivity index is 1.90. The first kappa shape index (κ1) is 25.4. The van der Waals surface area contributed by atoms with Crippen molar-refractivity contribution in [3.63, 3.8) is 0 Å². The van der Waals surface area contributed by atoms with Gasteiger partial charge in [0.15, 0.2) is 0 Å². The van der Waals surface area contributed by atoms with E-state index in [1.54, 1.807) is 42.5 Å². The summed E-state index contributed by atoms with van der Waals surface area (Å²) in [5.41, 5.74) is 3.09. The number of ether oxygens (including phenoxy) is 2. The highest BCUT2D eigenvalue weighted by molar-refractivity contribution is 7.92. The SMILES string of the molecule is COc1ccc(N(CC(=O)N/N=C\c2ccc(Cl)c(Cl)c2)S(=O)(=O)c2ccccc2)c(OC)c1. The van der Waals surface area contributed by atoms with Gasteiger partial charge in [-0.1, -0.05) is 47.5 Å². The van der Waals surface area contributed by atoms with Crippen LogP contribution in [0.1, 0.15) is 5.56 Å². The molecule has 34 heavy (non-hydrogen) atoms. The Morgan fingerprint density at radius 3 is 2.38 bits per heavy atom. The smallest absolute Gasteiger partial charge is 0.264 e. The number of hydrogen-bond acceptors (Lipinski definition) is 6. The fraction of sp³-hybridized carbons (Fsp3) is 0.130. The van der Waals surface area contributed by atoms with Crippen molar-refractivity contribution in [2.75, 3.05) is 25.1 Å². The number of methoxy groups -OCH3 is 2. The number of amides is 1. The third-order valence-electron chi connectivity index (χ3n) is 4.62. The van der Waals surface area contributed by atoms with E-state index in [0.717, 1.165) is 4.31 Å². The lowest BCUT2D eigenvalue weighted by molar-refractivity contribution is -0.119. The summed E-state index contributed by atoms with van der Waals surface area (Å²) in [6.07, 6.45) is 1.37. The van der Waals surface area contributed by atoms with Crippen molar-refractivity contribution >= 4 is 51.0 Å². The number of nitrogens with zero attached hydrogens (tertiary/aromatic N) is 2. The zero-order valence-corrected chi connectivity index (χ0v) is 20.6. The molecule has 0 bridgehead atoms. The van der Waals surface area contributed by atoms with E-state index >= 15 is 0 Å². The minimum Gasteiger partial charge on any atom is -0.497 e. The van der Waals surface area contributed by atoms with E-state index in [-0.39, 0.29) is 16.3 Å². The van der Waals surface area contributed by atoms with Gasteiger partial charge >= 0.3 is 0 Å². The lowest BCUT2D eigenvalue weighted by Crippen LogP contribution is -2.39. The molecule has 178 valence electrons. The van der Waals surface area contributed by atoms with Gasteiger partial charge in [0.05, 0.1) is 41.1 Å². The summed E-state index contributed by atoms with van der Waals surface area (Å²) in [5.74, 6) is 0.00740. The Bertz CT molecular complexity index is 1300. The second-order valence-electron chi connectivity index (χ2n) is 6.83. The van der Waals surface area contributed by atoms with Crippen LogP contribution in [0.5, 0.6) is 11.5 Å². The first-order valence-corrected chi connectivity index (χ1v) is 12.0. The minimum absolute atomic E-state index is 0.0139. The van der Waals surface area contributed by atoms with Gasteiger partial charge in [-0.05, 0) is 42.0 Å². The van der Waals surface area contributed by atoms with Gasteiger partial charge in [-0.15, -0.1) is 0 Å². The topological polar surface area (TPSA) is 97.3 Å². The van der Waals surface area contributed by atoms with Gasteiger partial charge < -0.3 is 9.47 Å². The molecule has 0 heterocycles. The number of hydrogen-bond donors (Lipinski definition) is 1. The maximum Gasteiger partial charge on any atom is 0.264 e. The van der Waals surface area contributed by atoms with E-state index in [0.29, 0.717) is 21.4 Å². The average Bonchev–Trinajstić information content (AvgIpc) is 2.84. The Morgan fingerprint density at radius 1 is 1.00 bits per heavy atom. The summed E-state index contributed by atoms with van der Waals surface area (Å²) < 4.78 is 38.4. The second-order valence-corrected chi connectivity index (χ2v) is 9.51. The highest BCUT2D eigenvalue weighted by Crippen LogP contribution is 2.35. The van der Waals surface area contributed by atoms with E-state index in [1.807, 2.05) is 0 Å². The molecular formula is C23H21Cl2N3O5S. The molecule has 1 amide bonds. The molecule has 0 saturated carbocycles. The van der Waals surface area contributed by atoms with Gasteiger partial charge in [-0.3, -0.25) is 9.10 Å². The summed E-state index contributed by atoms with van der Waals surface area (Å²) in [6, 6.07) is 17.2. The van der Waals surface area contributed by atoms with Gasteiger partial charge in [-0.2, -0.15) is 5.10 Å². The number of nitrogens with one attached hydrogen (secondary N) is 1. The molecule has 0 aliphatic carbocycles. The summed E-state index contributed by atoms with van der Waals surface area (Å²) >= 11 is 11.9. The van der Waals surface area contributed by atoms with Crippen LogP contribution in [-0.2, 0) is 14.8 Å². The molecular weight excluding hydrogens is 501 g/mol. The maximum absolute atomic E-state index is 13.4. The highest BCUT2D eigenvalue weighted by atomic mass is 35.5. The maximum atomic E-state index is 13.4. The van der Waals surface area contributed by atoms with Gasteiger partial charge in [-0.25, -0.2) is 13.8 Å². The molecule has 3 aromatic carbocycles. The number of sulfonamides is 1. The number of rotatable bonds is 9. The monoisotopic (exact) mass is 521 g/mol. The predicted octanol–water partition coefficient (Wildman–Crippen LogP) is 4.36. The number of carbonyl (C=O) groups is 1. The second kappa shape index (κ2) is 11.2. The van der Waals surface area contributed by atoms with Crippen LogP contribution in [0.25, 0.3) is 0 Å². The Hall–Kier alpha value is -3.27. The largest absolute Gasteiger partial charge is 0.497 e. The molecule has 0 aromatic heterocycles. The lowest BCUT2D eigenvalue weighted by Gasteiger charge is -2.25. The van der Waals surface area contributed by atoms with Crippen molar-refractivity contribution in [2.45, 2.75) is 4.90 Å². The molecule has 1 N–H and O–H groups in total. The summed E-state index contributed by atoms with van der Waals surface area (Å²) in [4.78, 5) is 12.7. The zero-order chi connectivity index (χ0) is 24.7. The van der Waals surface area contributed by atoms with E-state index in [2.05, 4.69) is 10.5 Å². The predicted molar refractivity (Wildman–Crippen MR) is 133 cm³/mol. The first-order valence-electron chi connectivity index (χ1n) is 9.83. The van der Waals surface area contributed by atoms with E-state index < -0.39 is 22.5 Å². The molecule has 11 heteroatoms. The quantitative estimate of drug-likeness (QED) is 0.333. The van der Waals surface area contributed by atoms with Crippen molar-refractivity contribution in [1.29, 1.82) is 0 Å². The molecule has 3 rings (SSSR count). The third kappa shape index (κ3) is 5.99. The van der Waals surface area contributed by atoms with Gasteiger partial charge in [0, 0.05) is 6.07 Å². The number of carbonyl (C=O) groups excluding carboxylic acids is 1. The van der Waals surface area contributed by atoms with Crippen molar-refractivity contribution in [2.24, 2.45) is 5.10 Å². The van der Waals surface area contributed by atoms with E-state index in [9.17, 15) is 13.2 Å². The summed E-state index contributed by atoms with van der Waals surface area (Å²) in [6.45, 7) is -0.557. The molecule has 0 fully saturated rings. The summed E-state index contributed by atoms with van der Waals surface area (Å²) in [7, 11) is -1.25. The van der Waals surface area contributed by atoms with Gasteiger partial charge in [0.2, 0.25) is 0 Å². The van der Waals surface area contributed by atoms with Crippen molar-refractivity contribution in [3.05, 3.63) is 82.3 Å². The lowest BCUT2D eigenvalue weighted by atomic mass is 10.2. The van der Waals surface area contributed by atoms with Crippen LogP contribution in [0.4, 0.5) is 5.69 Å². The van der Waals surface area contributed by atoms with Crippen molar-refractivity contribution in [3.8, 4) is 11.5 Å². The van der Waals surface area contributed by atoms with Crippen LogP contribution in [-0.4, -0.2) is 41.3 Å². The highest BCUT2D eigenvalue weighted by Gasteiger charge is 2.29. The van der Waals surface area contributed by atoms with Crippen molar-refractivity contribution < 1.29 is 22.7 Å². The molecule has 0 aliphatic heterocycles. The summed E-state index contributed by atoms with van der Waals surface area (Å²) in [5, 5.41) is 4.61. The molecule has 0 saturated heterocycles. The standard InChI is InChI=1S/C23H21Cl2N3O5S/c1-32-17-9-11-21(22(13-17)33-2)28(34(30,31)18-6-4-3-5-7-18)15-23(29)27-26-14-16-8-10-19(24)20(25)12-16/h3-14H,15H2,1-2H3,(H,27,29)/b26-14-. The normalized spacial score (nSPS) is 11.3. The van der Waals surface area contributed by atoms with Gasteiger partial charge in [0.1, 0.15) is 18.0 Å². The molecule has 3 aromatic rings. The van der Waals surface area contributed by atoms with Crippen LogP contribution in [0.3, 0.4) is 0 Å². The minimum atomic E-state index is -4.12. The van der Waals surface area contributed by atoms with E-state index in [1.165, 1.54) is 44.7 Å². The first-order chi connectivity index (χ1) is 16.3. The van der Waals surface area contributed by atoms with Crippen LogP contribution < -0.4 is 19.2 Å². The van der Waals surface area contributed by atoms with Crippen LogP contribution in [0, 0.1) is 0 Å². The molecule has 0 spiro atoms. The van der Waals surface area contributed by atoms with Crippen LogP contribution >= 0.6 is 23.2 Å². The average molecular weight is 522 g/mol. The van der Waals surface area contributed by atoms with Gasteiger partial charge in [0.25, 0.3) is 15.9 Å². The Labute approximate surface area is 207 Å². The molecule has 0 aliphatic rings. The third-order valence-corrected chi connectivity index (χ3v) is 7.13. The number of halogens is 2. The van der Waals surface area contributed by atoms with Crippen LogP contribution in [0.2, 0.25) is 10.0 Å². The fourth-order valence-electron chi connectivity index (χ4n) is 2.95. The molecule has 0 unspecified atom stereocenters. The number of hydrazone groups is 1. The fourth-order valence-corrected chi connectivity index (χ4v) is 4.71. The molecule has 0 radical (unpaired) electrons. The Kier molecular flexibility index (Phi) is 8.38. The number of anilines is 1.